The molecule has 0 aliphatic carbocycles. The number of amides is 1. The maximum absolute atomic E-state index is 11.8. The third-order valence-corrected chi connectivity index (χ3v) is 5.53. The zero-order valence-electron chi connectivity index (χ0n) is 10.2. The van der Waals surface area contributed by atoms with Crippen LogP contribution in [0.2, 0.25) is 0 Å². The third-order valence-electron chi connectivity index (χ3n) is 3.63. The van der Waals surface area contributed by atoms with Crippen molar-refractivity contribution in [1.29, 1.82) is 0 Å². The molecule has 1 atom stereocenters. The van der Waals surface area contributed by atoms with Crippen LogP contribution in [0, 0.1) is 0 Å². The quantitative estimate of drug-likeness (QED) is 0.761. The minimum Gasteiger partial charge on any atom is -0.342 e. The predicted molar refractivity (Wildman–Crippen MR) is 65.5 cm³/mol. The smallest absolute Gasteiger partial charge is 0.236 e. The lowest BCUT2D eigenvalue weighted by Crippen LogP contribution is -2.48. The third kappa shape index (κ3) is 3.19. The fourth-order valence-electron chi connectivity index (χ4n) is 2.52. The molecule has 0 aromatic carbocycles. The van der Waals surface area contributed by atoms with Gasteiger partial charge >= 0.3 is 0 Å². The van der Waals surface area contributed by atoms with Crippen molar-refractivity contribution in [3.8, 4) is 0 Å². The fourth-order valence-corrected chi connectivity index (χ4v) is 4.64. The lowest BCUT2D eigenvalue weighted by Gasteiger charge is -2.25. The molecule has 2 saturated heterocycles. The van der Waals surface area contributed by atoms with Gasteiger partial charge in [-0.15, -0.1) is 0 Å². The van der Waals surface area contributed by atoms with Crippen LogP contribution in [0.25, 0.3) is 0 Å². The summed E-state index contributed by atoms with van der Waals surface area (Å²) in [6.45, 7) is 3.83. The van der Waals surface area contributed by atoms with Crippen LogP contribution in [-0.2, 0) is 14.6 Å². The molecule has 6 heteroatoms. The molecule has 2 rings (SSSR count). The van der Waals surface area contributed by atoms with Gasteiger partial charge in [0.05, 0.1) is 18.1 Å². The van der Waals surface area contributed by atoms with Gasteiger partial charge in [-0.1, -0.05) is 0 Å². The largest absolute Gasteiger partial charge is 0.342 e. The Hall–Kier alpha value is -0.620. The minimum atomic E-state index is -2.91. The van der Waals surface area contributed by atoms with Gasteiger partial charge in [0.1, 0.15) is 0 Å². The molecule has 98 valence electrons. The molecule has 0 aromatic heterocycles. The number of carbonyl (C=O) groups excluding carboxylic acids is 1. The fraction of sp³-hybridized carbons (Fsp3) is 0.909. The summed E-state index contributed by atoms with van der Waals surface area (Å²) in [6, 6.07) is 0. The molecule has 2 aliphatic heterocycles. The molecule has 2 heterocycles. The Balaban J connectivity index is 1.84. The van der Waals surface area contributed by atoms with Crippen molar-refractivity contribution < 1.29 is 13.2 Å². The first-order valence-electron chi connectivity index (χ1n) is 6.14. The molecular weight excluding hydrogens is 240 g/mol. The van der Waals surface area contributed by atoms with E-state index in [9.17, 15) is 13.2 Å². The summed E-state index contributed by atoms with van der Waals surface area (Å²) >= 11 is 0. The summed E-state index contributed by atoms with van der Waals surface area (Å²) in [6.07, 6.45) is 2.76. The molecule has 5 nitrogen and oxygen atoms in total. The minimum absolute atomic E-state index is 0.0908. The van der Waals surface area contributed by atoms with Gasteiger partial charge in [-0.05, 0) is 26.2 Å². The van der Waals surface area contributed by atoms with E-state index in [1.165, 1.54) is 0 Å². The van der Waals surface area contributed by atoms with Crippen molar-refractivity contribution >= 4 is 15.7 Å². The molecule has 0 saturated carbocycles. The molecular formula is C11H20N2O3S. The summed E-state index contributed by atoms with van der Waals surface area (Å²) in [5.74, 6) is 0.467. The van der Waals surface area contributed by atoms with Crippen molar-refractivity contribution in [3.05, 3.63) is 0 Å². The number of hydrogen-bond acceptors (Lipinski definition) is 4. The van der Waals surface area contributed by atoms with Gasteiger partial charge < -0.3 is 10.2 Å². The van der Waals surface area contributed by atoms with Crippen LogP contribution in [0.3, 0.4) is 0 Å². The van der Waals surface area contributed by atoms with E-state index in [1.54, 1.807) is 0 Å². The summed E-state index contributed by atoms with van der Waals surface area (Å²) in [4.78, 5) is 13.7. The van der Waals surface area contributed by atoms with Crippen LogP contribution in [0.5, 0.6) is 0 Å². The van der Waals surface area contributed by atoms with Gasteiger partial charge in [0.15, 0.2) is 9.84 Å². The van der Waals surface area contributed by atoms with E-state index in [0.717, 1.165) is 25.9 Å². The molecule has 17 heavy (non-hydrogen) atoms. The number of nitrogens with zero attached hydrogens (tertiary/aromatic N) is 1. The van der Waals surface area contributed by atoms with Crippen molar-refractivity contribution in [2.24, 2.45) is 0 Å². The molecule has 0 radical (unpaired) electrons. The predicted octanol–water partition coefficient (Wildman–Crippen LogP) is -0.224. The number of likely N-dealkylation sites (tertiary alicyclic amines) is 1. The van der Waals surface area contributed by atoms with Gasteiger partial charge in [0.2, 0.25) is 5.91 Å². The highest BCUT2D eigenvalue weighted by Gasteiger charge is 2.38. The summed E-state index contributed by atoms with van der Waals surface area (Å²) in [7, 11) is -2.91. The zero-order valence-corrected chi connectivity index (χ0v) is 11.1. The van der Waals surface area contributed by atoms with Crippen molar-refractivity contribution in [2.45, 2.75) is 31.7 Å². The average molecular weight is 260 g/mol. The van der Waals surface area contributed by atoms with Crippen molar-refractivity contribution in [3.63, 3.8) is 0 Å². The SMILES string of the molecule is CC1(NCC(=O)N2CCCC2)CCS(=O)(=O)C1. The molecule has 1 unspecified atom stereocenters. The van der Waals surface area contributed by atoms with Gasteiger partial charge in [-0.2, -0.15) is 0 Å². The lowest BCUT2D eigenvalue weighted by molar-refractivity contribution is -0.129. The number of sulfone groups is 1. The van der Waals surface area contributed by atoms with Gasteiger partial charge in [-0.25, -0.2) is 8.42 Å². The Kier molecular flexibility index (Phi) is 3.45. The van der Waals surface area contributed by atoms with Crippen LogP contribution in [-0.4, -0.2) is 55.9 Å². The van der Waals surface area contributed by atoms with Crippen molar-refractivity contribution in [2.75, 3.05) is 31.1 Å². The molecule has 0 aromatic rings. The van der Waals surface area contributed by atoms with E-state index in [1.807, 2.05) is 11.8 Å². The molecule has 0 bridgehead atoms. The first-order chi connectivity index (χ1) is 7.90. The Morgan fingerprint density at radius 3 is 2.53 bits per heavy atom. The Bertz CT molecular complexity index is 401. The van der Waals surface area contributed by atoms with E-state index < -0.39 is 15.4 Å². The second kappa shape index (κ2) is 4.57. The lowest BCUT2D eigenvalue weighted by atomic mass is 10.0. The van der Waals surface area contributed by atoms with E-state index >= 15 is 0 Å². The molecule has 0 spiro atoms. The number of carbonyl (C=O) groups is 1. The maximum Gasteiger partial charge on any atom is 0.236 e. The number of rotatable bonds is 3. The van der Waals surface area contributed by atoms with E-state index in [2.05, 4.69) is 5.32 Å². The van der Waals surface area contributed by atoms with Crippen molar-refractivity contribution in [1.82, 2.24) is 10.2 Å². The highest BCUT2D eigenvalue weighted by atomic mass is 32.2. The highest BCUT2D eigenvalue weighted by Crippen LogP contribution is 2.22. The summed E-state index contributed by atoms with van der Waals surface area (Å²) in [5, 5.41) is 3.12. The van der Waals surface area contributed by atoms with Crippen LogP contribution < -0.4 is 5.32 Å². The average Bonchev–Trinajstić information content (AvgIpc) is 2.84. The number of hydrogen-bond donors (Lipinski definition) is 1. The van der Waals surface area contributed by atoms with Gasteiger partial charge in [-0.3, -0.25) is 4.79 Å². The van der Waals surface area contributed by atoms with E-state index in [-0.39, 0.29) is 24.0 Å². The van der Waals surface area contributed by atoms with Crippen LogP contribution in [0.15, 0.2) is 0 Å². The van der Waals surface area contributed by atoms with E-state index in [0.29, 0.717) is 6.42 Å². The van der Waals surface area contributed by atoms with Crippen LogP contribution >= 0.6 is 0 Å². The second-order valence-electron chi connectivity index (χ2n) is 5.34. The normalized spacial score (nSPS) is 31.9. The zero-order chi connectivity index (χ0) is 12.5. The Morgan fingerprint density at radius 1 is 1.35 bits per heavy atom. The first-order valence-corrected chi connectivity index (χ1v) is 7.96. The first kappa shape index (κ1) is 12.8. The standard InChI is InChI=1S/C11H20N2O3S/c1-11(4-7-17(15,16)9-11)12-8-10(14)13-5-2-3-6-13/h12H,2-9H2,1H3. The molecule has 2 fully saturated rings. The molecule has 1 amide bonds. The second-order valence-corrected chi connectivity index (χ2v) is 7.53. The Labute approximate surface area is 102 Å². The van der Waals surface area contributed by atoms with E-state index in [4.69, 9.17) is 0 Å². The van der Waals surface area contributed by atoms with Crippen LogP contribution in [0.1, 0.15) is 26.2 Å². The van der Waals surface area contributed by atoms with Gasteiger partial charge in [0, 0.05) is 18.6 Å². The summed E-state index contributed by atoms with van der Waals surface area (Å²) in [5.41, 5.74) is -0.422. The maximum atomic E-state index is 11.8. The Morgan fingerprint density at radius 2 is 2.00 bits per heavy atom. The summed E-state index contributed by atoms with van der Waals surface area (Å²) < 4.78 is 22.8. The monoisotopic (exact) mass is 260 g/mol. The van der Waals surface area contributed by atoms with Crippen LogP contribution in [0.4, 0.5) is 0 Å². The topological polar surface area (TPSA) is 66.5 Å². The highest BCUT2D eigenvalue weighted by molar-refractivity contribution is 7.91. The number of nitrogens with one attached hydrogen (secondary N) is 1. The molecule has 2 aliphatic rings. The van der Waals surface area contributed by atoms with Gasteiger partial charge in [0.25, 0.3) is 0 Å². The molecule has 1 N–H and O–H groups in total.